The maximum absolute atomic E-state index is 5.64. The molecule has 9 heavy (non-hydrogen) atoms. The molecule has 0 saturated carbocycles. The van der Waals surface area contributed by atoms with Gasteiger partial charge in [0, 0.05) is 0 Å². The fourth-order valence-corrected chi connectivity index (χ4v) is 2.28. The van der Waals surface area contributed by atoms with Crippen LogP contribution in [0.1, 0.15) is 27.2 Å². The van der Waals surface area contributed by atoms with Gasteiger partial charge in [-0.15, -0.1) is 11.8 Å². The zero-order valence-corrected chi connectivity index (χ0v) is 7.12. The summed E-state index contributed by atoms with van der Waals surface area (Å²) in [6.45, 7) is 6.43. The fourth-order valence-electron chi connectivity index (χ4n) is 1.01. The van der Waals surface area contributed by atoms with Crippen molar-refractivity contribution in [3.63, 3.8) is 0 Å². The second-order valence-corrected chi connectivity index (χ2v) is 4.47. The van der Waals surface area contributed by atoms with E-state index in [1.54, 1.807) is 0 Å². The Morgan fingerprint density at radius 2 is 2.22 bits per heavy atom. The average molecular weight is 146 g/mol. The molecule has 1 atom stereocenters. The van der Waals surface area contributed by atoms with Gasteiger partial charge >= 0.3 is 0 Å². The van der Waals surface area contributed by atoms with Gasteiger partial charge in [0.05, 0.1) is 5.60 Å². The predicted molar refractivity (Wildman–Crippen MR) is 41.7 cm³/mol. The Morgan fingerprint density at radius 1 is 1.56 bits per heavy atom. The van der Waals surface area contributed by atoms with Gasteiger partial charge in [-0.25, -0.2) is 0 Å². The summed E-state index contributed by atoms with van der Waals surface area (Å²) >= 11 is 1.90. The second kappa shape index (κ2) is 2.51. The highest BCUT2D eigenvalue weighted by molar-refractivity contribution is 7.99. The minimum absolute atomic E-state index is 0.130. The quantitative estimate of drug-likeness (QED) is 0.518. The summed E-state index contributed by atoms with van der Waals surface area (Å²) < 4.78 is 5.64. The van der Waals surface area contributed by atoms with E-state index in [2.05, 4.69) is 20.8 Å². The van der Waals surface area contributed by atoms with Crippen molar-refractivity contribution in [3.05, 3.63) is 0 Å². The lowest BCUT2D eigenvalue weighted by Crippen LogP contribution is -2.32. The molecular formula is C7H14OS. The first-order valence-corrected chi connectivity index (χ1v) is 4.44. The van der Waals surface area contributed by atoms with Crippen molar-refractivity contribution in [2.75, 3.05) is 5.75 Å². The Kier molecular flexibility index (Phi) is 2.07. The Hall–Kier alpha value is 0.310. The van der Waals surface area contributed by atoms with E-state index in [0.29, 0.717) is 5.44 Å². The minimum atomic E-state index is 0.130. The van der Waals surface area contributed by atoms with E-state index in [-0.39, 0.29) is 5.60 Å². The van der Waals surface area contributed by atoms with Crippen molar-refractivity contribution in [1.82, 2.24) is 0 Å². The molecule has 0 bridgehead atoms. The standard InChI is InChI=1S/C7H14OS/c1-6-8-7(2,3)4-5-9-6/h6H,4-5H2,1-3H3. The molecule has 54 valence electrons. The zero-order chi connectivity index (χ0) is 6.91. The van der Waals surface area contributed by atoms with Crippen LogP contribution in [0.15, 0.2) is 0 Å². The molecule has 1 aliphatic heterocycles. The fraction of sp³-hybridized carbons (Fsp3) is 1.00. The van der Waals surface area contributed by atoms with Crippen LogP contribution in [0.25, 0.3) is 0 Å². The number of thioether (sulfide) groups is 1. The predicted octanol–water partition coefficient (Wildman–Crippen LogP) is 2.26. The van der Waals surface area contributed by atoms with Crippen molar-refractivity contribution in [3.8, 4) is 0 Å². The molecule has 1 nitrogen and oxygen atoms in total. The number of ether oxygens (including phenoxy) is 1. The number of rotatable bonds is 0. The first-order chi connectivity index (χ1) is 4.10. The Balaban J connectivity index is 2.41. The maximum Gasteiger partial charge on any atom is 0.101 e. The van der Waals surface area contributed by atoms with Crippen LogP contribution in [0.4, 0.5) is 0 Å². The molecule has 0 aromatic carbocycles. The van der Waals surface area contributed by atoms with Crippen LogP contribution in [0.3, 0.4) is 0 Å². The summed E-state index contributed by atoms with van der Waals surface area (Å²) in [4.78, 5) is 0. The Bertz CT molecular complexity index is 101. The van der Waals surface area contributed by atoms with Crippen LogP contribution < -0.4 is 0 Å². The molecule has 1 fully saturated rings. The van der Waals surface area contributed by atoms with Crippen LogP contribution in [0, 0.1) is 0 Å². The summed E-state index contributed by atoms with van der Waals surface area (Å²) in [6, 6.07) is 0. The lowest BCUT2D eigenvalue weighted by atomic mass is 10.1. The third-order valence-corrected chi connectivity index (χ3v) is 2.55. The zero-order valence-electron chi connectivity index (χ0n) is 6.31. The van der Waals surface area contributed by atoms with E-state index in [4.69, 9.17) is 4.74 Å². The van der Waals surface area contributed by atoms with Crippen LogP contribution in [-0.4, -0.2) is 16.8 Å². The van der Waals surface area contributed by atoms with Crippen molar-refractivity contribution < 1.29 is 4.74 Å². The molecule has 0 aliphatic carbocycles. The molecule has 0 aromatic heterocycles. The Labute approximate surface area is 61.2 Å². The van der Waals surface area contributed by atoms with Gasteiger partial charge in [-0.1, -0.05) is 0 Å². The molecule has 2 heteroatoms. The molecule has 0 spiro atoms. The largest absolute Gasteiger partial charge is 0.362 e. The summed E-state index contributed by atoms with van der Waals surface area (Å²) in [5.41, 5.74) is 0.527. The summed E-state index contributed by atoms with van der Waals surface area (Å²) in [7, 11) is 0. The first-order valence-electron chi connectivity index (χ1n) is 3.40. The van der Waals surface area contributed by atoms with Crippen molar-refractivity contribution >= 4 is 11.8 Å². The smallest absolute Gasteiger partial charge is 0.101 e. The molecule has 1 aliphatic rings. The molecule has 1 rings (SSSR count). The van der Waals surface area contributed by atoms with E-state index < -0.39 is 0 Å². The molecule has 0 N–H and O–H groups in total. The number of hydrogen-bond acceptors (Lipinski definition) is 2. The summed E-state index contributed by atoms with van der Waals surface area (Å²) in [6.07, 6.45) is 1.18. The van der Waals surface area contributed by atoms with Crippen molar-refractivity contribution in [1.29, 1.82) is 0 Å². The summed E-state index contributed by atoms with van der Waals surface area (Å²) in [5.74, 6) is 1.24. The lowest BCUT2D eigenvalue weighted by Gasteiger charge is -2.33. The topological polar surface area (TPSA) is 9.23 Å². The van der Waals surface area contributed by atoms with Gasteiger partial charge in [-0.2, -0.15) is 0 Å². The van der Waals surface area contributed by atoms with Gasteiger partial charge in [0.15, 0.2) is 0 Å². The molecule has 1 saturated heterocycles. The van der Waals surface area contributed by atoms with Gasteiger partial charge in [0.2, 0.25) is 0 Å². The van der Waals surface area contributed by atoms with Crippen LogP contribution in [0.2, 0.25) is 0 Å². The van der Waals surface area contributed by atoms with Crippen LogP contribution >= 0.6 is 11.8 Å². The molecule has 1 unspecified atom stereocenters. The number of hydrogen-bond donors (Lipinski definition) is 0. The molecule has 0 amide bonds. The maximum atomic E-state index is 5.64. The average Bonchev–Trinajstić information content (AvgIpc) is 1.60. The third-order valence-electron chi connectivity index (χ3n) is 1.54. The van der Waals surface area contributed by atoms with Gasteiger partial charge in [-0.05, 0) is 32.9 Å². The molecule has 1 heterocycles. The van der Waals surface area contributed by atoms with E-state index >= 15 is 0 Å². The second-order valence-electron chi connectivity index (χ2n) is 3.07. The van der Waals surface area contributed by atoms with Gasteiger partial charge < -0.3 is 4.74 Å². The minimum Gasteiger partial charge on any atom is -0.362 e. The lowest BCUT2D eigenvalue weighted by molar-refractivity contribution is -0.0344. The SMILES string of the molecule is CC1OC(C)(C)CCS1. The normalized spacial score (nSPS) is 34.3. The summed E-state index contributed by atoms with van der Waals surface area (Å²) in [5, 5.41) is 0. The van der Waals surface area contributed by atoms with E-state index in [0.717, 1.165) is 0 Å². The van der Waals surface area contributed by atoms with Gasteiger partial charge in [0.25, 0.3) is 0 Å². The van der Waals surface area contributed by atoms with Crippen LogP contribution in [0.5, 0.6) is 0 Å². The van der Waals surface area contributed by atoms with Crippen molar-refractivity contribution in [2.45, 2.75) is 38.2 Å². The monoisotopic (exact) mass is 146 g/mol. The van der Waals surface area contributed by atoms with E-state index in [1.165, 1.54) is 12.2 Å². The van der Waals surface area contributed by atoms with Crippen molar-refractivity contribution in [2.24, 2.45) is 0 Å². The molecule has 0 radical (unpaired) electrons. The third kappa shape index (κ3) is 2.18. The Morgan fingerprint density at radius 3 is 2.56 bits per heavy atom. The highest BCUT2D eigenvalue weighted by atomic mass is 32.2. The molecular weight excluding hydrogens is 132 g/mol. The van der Waals surface area contributed by atoms with Gasteiger partial charge in [0.1, 0.15) is 5.44 Å². The molecule has 0 aromatic rings. The highest BCUT2D eigenvalue weighted by Gasteiger charge is 2.25. The van der Waals surface area contributed by atoms with Crippen LogP contribution in [-0.2, 0) is 4.74 Å². The first kappa shape index (κ1) is 7.42. The van der Waals surface area contributed by atoms with Gasteiger partial charge in [-0.3, -0.25) is 0 Å². The van der Waals surface area contributed by atoms with E-state index in [9.17, 15) is 0 Å². The van der Waals surface area contributed by atoms with E-state index in [1.807, 2.05) is 11.8 Å². The highest BCUT2D eigenvalue weighted by Crippen LogP contribution is 2.30.